The molecule has 2 N–H and O–H groups in total. The van der Waals surface area contributed by atoms with E-state index in [0.717, 1.165) is 26.3 Å². The summed E-state index contributed by atoms with van der Waals surface area (Å²) in [4.78, 5) is 0. The fourth-order valence-electron chi connectivity index (χ4n) is 9.56. The Morgan fingerprint density at radius 3 is 0.597 bits per heavy atom. The van der Waals surface area contributed by atoms with Gasteiger partial charge in [-0.3, -0.25) is 0 Å². The zero-order valence-electron chi connectivity index (χ0n) is 43.7. The molecule has 0 amide bonds. The average Bonchev–Trinajstić information content (AvgIpc) is 3.28. The minimum Gasteiger partial charge on any atom is -0.378 e. The molecule has 62 heavy (non-hydrogen) atoms. The van der Waals surface area contributed by atoms with Gasteiger partial charge in [0.25, 0.3) is 0 Å². The van der Waals surface area contributed by atoms with E-state index in [4.69, 9.17) is 9.47 Å². The van der Waals surface area contributed by atoms with Gasteiger partial charge in [-0.1, -0.05) is 297 Å². The third kappa shape index (κ3) is 52.5. The lowest BCUT2D eigenvalue weighted by atomic mass is 9.99. The van der Waals surface area contributed by atoms with Gasteiger partial charge in [0.1, 0.15) is 0 Å². The molecule has 0 aromatic rings. The first-order valence-corrected chi connectivity index (χ1v) is 29.4. The van der Waals surface area contributed by atoms with Crippen LogP contribution in [0.2, 0.25) is 0 Å². The summed E-state index contributed by atoms with van der Waals surface area (Å²) >= 11 is 0. The second-order valence-electron chi connectivity index (χ2n) is 20.1. The molecule has 0 unspecified atom stereocenters. The highest BCUT2D eigenvalue weighted by molar-refractivity contribution is 4.69. The minimum atomic E-state index is 0.659. The van der Waals surface area contributed by atoms with E-state index < -0.39 is 0 Å². The van der Waals surface area contributed by atoms with Gasteiger partial charge >= 0.3 is 0 Å². The number of nitrogens with one attached hydrogen (secondary N) is 2. The monoisotopic (exact) mass is 877 g/mol. The first kappa shape index (κ1) is 61.8. The zero-order valence-corrected chi connectivity index (χ0v) is 43.7. The van der Waals surface area contributed by atoms with Crippen LogP contribution in [0.15, 0.2) is 0 Å². The fourth-order valence-corrected chi connectivity index (χ4v) is 9.56. The highest BCUT2D eigenvalue weighted by Crippen LogP contribution is 2.18. The van der Waals surface area contributed by atoms with Gasteiger partial charge in [-0.15, -0.1) is 0 Å². The SMILES string of the molecule is CCCCCCCCCCCCCC(CCCCCCCCCCCCC)NCCOCCOCCNC(CCCCCCCCCCCC)CCCCCCCCCCCC. The molecule has 0 rings (SSSR count). The summed E-state index contributed by atoms with van der Waals surface area (Å²) in [7, 11) is 0. The Morgan fingerprint density at radius 2 is 0.403 bits per heavy atom. The van der Waals surface area contributed by atoms with Crippen LogP contribution in [0, 0.1) is 0 Å². The quantitative estimate of drug-likeness (QED) is 0.0598. The average molecular weight is 878 g/mol. The molecule has 0 aromatic carbocycles. The molecule has 0 heterocycles. The molecule has 4 heteroatoms. The van der Waals surface area contributed by atoms with E-state index in [-0.39, 0.29) is 0 Å². The van der Waals surface area contributed by atoms with Gasteiger partial charge < -0.3 is 20.1 Å². The number of unbranched alkanes of at least 4 members (excludes halogenated alkanes) is 38. The van der Waals surface area contributed by atoms with E-state index in [0.29, 0.717) is 25.3 Å². The van der Waals surface area contributed by atoms with Crippen molar-refractivity contribution in [3.05, 3.63) is 0 Å². The molecule has 0 saturated carbocycles. The molecule has 0 spiro atoms. The highest BCUT2D eigenvalue weighted by Gasteiger charge is 2.10. The van der Waals surface area contributed by atoms with Crippen LogP contribution in [-0.4, -0.2) is 51.6 Å². The van der Waals surface area contributed by atoms with Gasteiger partial charge in [0.15, 0.2) is 0 Å². The van der Waals surface area contributed by atoms with E-state index >= 15 is 0 Å². The van der Waals surface area contributed by atoms with Crippen molar-refractivity contribution < 1.29 is 9.47 Å². The highest BCUT2D eigenvalue weighted by atomic mass is 16.5. The van der Waals surface area contributed by atoms with Crippen LogP contribution in [0.3, 0.4) is 0 Å². The zero-order chi connectivity index (χ0) is 44.8. The predicted octanol–water partition coefficient (Wildman–Crippen LogP) is 19.0. The minimum absolute atomic E-state index is 0.659. The van der Waals surface area contributed by atoms with Gasteiger partial charge in [-0.2, -0.15) is 0 Å². The summed E-state index contributed by atoms with van der Waals surface area (Å²) in [5.41, 5.74) is 0. The maximum atomic E-state index is 6.06. The van der Waals surface area contributed by atoms with E-state index in [1.807, 2.05) is 0 Å². The molecular formula is C58H120N2O2. The van der Waals surface area contributed by atoms with Gasteiger partial charge in [-0.25, -0.2) is 0 Å². The predicted molar refractivity (Wildman–Crippen MR) is 280 cm³/mol. The van der Waals surface area contributed by atoms with E-state index in [2.05, 4.69) is 38.3 Å². The molecule has 374 valence electrons. The second kappa shape index (κ2) is 57.0. The van der Waals surface area contributed by atoms with Crippen molar-refractivity contribution in [2.24, 2.45) is 0 Å². The standard InChI is InChI=1S/C58H120N2O2/c1-5-9-13-17-21-25-29-33-37-41-45-49-58(50-46-42-38-34-30-26-22-18-14-10-6-2)60-52-54-62-56-55-61-53-51-59-57(47-43-39-35-31-27-23-19-15-11-7-3)48-44-40-36-32-28-24-20-16-12-8-4/h57-60H,5-56H2,1-4H3. The molecule has 0 aliphatic heterocycles. The Kier molecular flexibility index (Phi) is 56.8. The topological polar surface area (TPSA) is 42.5 Å². The summed E-state index contributed by atoms with van der Waals surface area (Å²) in [6.07, 6.45) is 65.2. The lowest BCUT2D eigenvalue weighted by molar-refractivity contribution is 0.0483. The maximum absolute atomic E-state index is 6.06. The van der Waals surface area contributed by atoms with Crippen LogP contribution in [0.5, 0.6) is 0 Å². The fraction of sp³-hybridized carbons (Fsp3) is 1.00. The van der Waals surface area contributed by atoms with Crippen molar-refractivity contribution >= 4 is 0 Å². The largest absolute Gasteiger partial charge is 0.378 e. The number of ether oxygens (including phenoxy) is 2. The summed E-state index contributed by atoms with van der Waals surface area (Å²) in [5.74, 6) is 0. The lowest BCUT2D eigenvalue weighted by Gasteiger charge is -2.19. The van der Waals surface area contributed by atoms with Crippen molar-refractivity contribution in [2.75, 3.05) is 39.5 Å². The van der Waals surface area contributed by atoms with E-state index in [9.17, 15) is 0 Å². The van der Waals surface area contributed by atoms with Crippen LogP contribution in [0.4, 0.5) is 0 Å². The summed E-state index contributed by atoms with van der Waals surface area (Å²) in [5, 5.41) is 7.83. The third-order valence-corrected chi connectivity index (χ3v) is 13.9. The van der Waals surface area contributed by atoms with Gasteiger partial charge in [0.05, 0.1) is 26.4 Å². The molecule has 4 nitrogen and oxygen atoms in total. The van der Waals surface area contributed by atoms with Gasteiger partial charge in [-0.05, 0) is 25.7 Å². The Balaban J connectivity index is 4.32. The van der Waals surface area contributed by atoms with Crippen LogP contribution in [-0.2, 0) is 9.47 Å². The smallest absolute Gasteiger partial charge is 0.0701 e. The Morgan fingerprint density at radius 1 is 0.226 bits per heavy atom. The third-order valence-electron chi connectivity index (χ3n) is 13.9. The Bertz CT molecular complexity index is 714. The van der Waals surface area contributed by atoms with E-state index in [1.54, 1.807) is 0 Å². The van der Waals surface area contributed by atoms with Crippen molar-refractivity contribution in [2.45, 2.75) is 335 Å². The van der Waals surface area contributed by atoms with Crippen LogP contribution in [0.1, 0.15) is 323 Å². The summed E-state index contributed by atoms with van der Waals surface area (Å²) < 4.78 is 12.1. The Labute approximate surface area is 393 Å². The molecule has 0 fully saturated rings. The normalized spacial score (nSPS) is 11.9. The van der Waals surface area contributed by atoms with Crippen LogP contribution >= 0.6 is 0 Å². The molecule has 0 aromatic heterocycles. The summed E-state index contributed by atoms with van der Waals surface area (Å²) in [6, 6.07) is 1.32. The molecule has 0 saturated heterocycles. The number of hydrogen-bond acceptors (Lipinski definition) is 4. The molecule has 0 bridgehead atoms. The van der Waals surface area contributed by atoms with Crippen LogP contribution < -0.4 is 10.6 Å². The molecule has 0 atom stereocenters. The first-order chi connectivity index (χ1) is 30.8. The van der Waals surface area contributed by atoms with Crippen LogP contribution in [0.25, 0.3) is 0 Å². The molecule has 0 aliphatic carbocycles. The maximum Gasteiger partial charge on any atom is 0.0701 e. The van der Waals surface area contributed by atoms with Gasteiger partial charge in [0.2, 0.25) is 0 Å². The number of hydrogen-bond donors (Lipinski definition) is 2. The van der Waals surface area contributed by atoms with Crippen molar-refractivity contribution in [3.63, 3.8) is 0 Å². The van der Waals surface area contributed by atoms with Gasteiger partial charge in [0, 0.05) is 25.2 Å². The summed E-state index contributed by atoms with van der Waals surface area (Å²) in [6.45, 7) is 14.2. The molecular weight excluding hydrogens is 757 g/mol. The van der Waals surface area contributed by atoms with E-state index in [1.165, 1.54) is 295 Å². The molecule has 0 radical (unpaired) electrons. The molecule has 0 aliphatic rings. The van der Waals surface area contributed by atoms with Crippen molar-refractivity contribution in [3.8, 4) is 0 Å². The Hall–Kier alpha value is -0.160. The second-order valence-corrected chi connectivity index (χ2v) is 20.1. The number of rotatable bonds is 57. The van der Waals surface area contributed by atoms with Crippen molar-refractivity contribution in [1.82, 2.24) is 10.6 Å². The first-order valence-electron chi connectivity index (χ1n) is 29.4. The lowest BCUT2D eigenvalue weighted by Crippen LogP contribution is -2.33. The van der Waals surface area contributed by atoms with Crippen molar-refractivity contribution in [1.29, 1.82) is 0 Å².